The fraction of sp³-hybridized carbons (Fsp3) is 0.867. The molecule has 1 saturated carbocycles. The van der Waals surface area contributed by atoms with Gasteiger partial charge in [0.05, 0.1) is 17.9 Å². The molecule has 1 aliphatic carbocycles. The van der Waals surface area contributed by atoms with Crippen molar-refractivity contribution in [2.45, 2.75) is 51.6 Å². The van der Waals surface area contributed by atoms with E-state index in [-0.39, 0.29) is 29.8 Å². The summed E-state index contributed by atoms with van der Waals surface area (Å²) in [5, 5.41) is 12.2. The number of carbonyl (C=O) groups is 2. The van der Waals surface area contributed by atoms with Crippen LogP contribution in [0.25, 0.3) is 0 Å². The topological polar surface area (TPSA) is 75.6 Å². The molecule has 0 aromatic heterocycles. The number of carboxylic acids is 1. The van der Waals surface area contributed by atoms with Gasteiger partial charge >= 0.3 is 5.97 Å². The van der Waals surface area contributed by atoms with Gasteiger partial charge in [0, 0.05) is 13.2 Å². The van der Waals surface area contributed by atoms with E-state index in [1.54, 1.807) is 0 Å². The summed E-state index contributed by atoms with van der Waals surface area (Å²) in [6, 6.07) is 0. The summed E-state index contributed by atoms with van der Waals surface area (Å²) >= 11 is 0. The van der Waals surface area contributed by atoms with Crippen molar-refractivity contribution in [3.05, 3.63) is 0 Å². The molecule has 1 amide bonds. The van der Waals surface area contributed by atoms with Crippen LogP contribution >= 0.6 is 0 Å². The first-order valence-electron chi connectivity index (χ1n) is 7.75. The van der Waals surface area contributed by atoms with Crippen LogP contribution in [-0.2, 0) is 14.3 Å². The van der Waals surface area contributed by atoms with Crippen molar-refractivity contribution >= 4 is 11.9 Å². The molecule has 1 aliphatic heterocycles. The second-order valence-corrected chi connectivity index (χ2v) is 5.95. The quantitative estimate of drug-likeness (QED) is 0.807. The molecule has 2 fully saturated rings. The molecule has 4 atom stereocenters. The number of carboxylic acid groups (broad SMARTS) is 1. The van der Waals surface area contributed by atoms with Crippen LogP contribution in [0.15, 0.2) is 0 Å². The summed E-state index contributed by atoms with van der Waals surface area (Å²) in [7, 11) is 0. The number of ether oxygens (including phenoxy) is 1. The normalized spacial score (nSPS) is 33.9. The number of aliphatic carboxylic acids is 1. The van der Waals surface area contributed by atoms with Crippen molar-refractivity contribution in [1.29, 1.82) is 0 Å². The number of hydrogen-bond acceptors (Lipinski definition) is 3. The molecular formula is C15H25NO4. The van der Waals surface area contributed by atoms with Crippen LogP contribution < -0.4 is 5.32 Å². The highest BCUT2D eigenvalue weighted by Crippen LogP contribution is 2.30. The molecule has 20 heavy (non-hydrogen) atoms. The molecule has 2 N–H and O–H groups in total. The minimum absolute atomic E-state index is 0.0247. The average molecular weight is 283 g/mol. The third-order valence-corrected chi connectivity index (χ3v) is 4.71. The molecule has 1 saturated heterocycles. The lowest BCUT2D eigenvalue weighted by molar-refractivity contribution is -0.145. The number of rotatable bonds is 5. The largest absolute Gasteiger partial charge is 0.481 e. The summed E-state index contributed by atoms with van der Waals surface area (Å²) in [5.74, 6) is -0.978. The predicted molar refractivity (Wildman–Crippen MR) is 74.2 cm³/mol. The van der Waals surface area contributed by atoms with Gasteiger partial charge in [0.2, 0.25) is 5.91 Å². The van der Waals surface area contributed by atoms with E-state index in [2.05, 4.69) is 5.32 Å². The maximum atomic E-state index is 12.2. The van der Waals surface area contributed by atoms with Crippen LogP contribution in [0.5, 0.6) is 0 Å². The van der Waals surface area contributed by atoms with E-state index in [1.165, 1.54) is 0 Å². The van der Waals surface area contributed by atoms with Gasteiger partial charge in [-0.1, -0.05) is 19.8 Å². The fourth-order valence-electron chi connectivity index (χ4n) is 3.49. The van der Waals surface area contributed by atoms with Crippen molar-refractivity contribution in [3.63, 3.8) is 0 Å². The molecule has 1 heterocycles. The number of amides is 1. The van der Waals surface area contributed by atoms with E-state index >= 15 is 0 Å². The van der Waals surface area contributed by atoms with Crippen LogP contribution in [0.4, 0.5) is 0 Å². The van der Waals surface area contributed by atoms with Gasteiger partial charge in [-0.2, -0.15) is 0 Å². The van der Waals surface area contributed by atoms with Gasteiger partial charge in [-0.05, 0) is 31.6 Å². The third-order valence-electron chi connectivity index (χ3n) is 4.71. The van der Waals surface area contributed by atoms with Crippen molar-refractivity contribution in [1.82, 2.24) is 5.32 Å². The zero-order chi connectivity index (χ0) is 14.5. The molecule has 2 aliphatic rings. The van der Waals surface area contributed by atoms with Crippen LogP contribution in [-0.4, -0.2) is 36.2 Å². The summed E-state index contributed by atoms with van der Waals surface area (Å²) in [6.45, 7) is 3.17. The van der Waals surface area contributed by atoms with Gasteiger partial charge in [0.25, 0.3) is 0 Å². The molecular weight excluding hydrogens is 258 g/mol. The molecule has 0 spiro atoms. The molecule has 0 radical (unpaired) electrons. The highest BCUT2D eigenvalue weighted by molar-refractivity contribution is 5.79. The van der Waals surface area contributed by atoms with Gasteiger partial charge in [-0.3, -0.25) is 9.59 Å². The zero-order valence-electron chi connectivity index (χ0n) is 12.1. The lowest BCUT2D eigenvalue weighted by Gasteiger charge is -2.29. The fourth-order valence-corrected chi connectivity index (χ4v) is 3.49. The molecule has 5 heteroatoms. The van der Waals surface area contributed by atoms with Crippen molar-refractivity contribution in [2.24, 2.45) is 17.8 Å². The maximum absolute atomic E-state index is 12.2. The smallest absolute Gasteiger partial charge is 0.306 e. The standard InChI is InChI=1S/C15H25NO4/c1-2-13-12(7-8-20-13)14(17)16-9-10-5-3-4-6-11(10)15(18)19/h10-13H,2-9H2,1H3,(H,16,17)(H,18,19). The average Bonchev–Trinajstić information content (AvgIpc) is 2.93. The SMILES string of the molecule is CCC1OCCC1C(=O)NCC1CCCCC1C(=O)O. The lowest BCUT2D eigenvalue weighted by atomic mass is 9.79. The molecule has 2 rings (SSSR count). The minimum Gasteiger partial charge on any atom is -0.481 e. The summed E-state index contributed by atoms with van der Waals surface area (Å²) in [5.41, 5.74) is 0. The number of nitrogens with one attached hydrogen (secondary N) is 1. The first-order valence-corrected chi connectivity index (χ1v) is 7.75. The second kappa shape index (κ2) is 7.07. The number of hydrogen-bond donors (Lipinski definition) is 2. The third kappa shape index (κ3) is 3.51. The lowest BCUT2D eigenvalue weighted by Crippen LogP contribution is -2.41. The van der Waals surface area contributed by atoms with E-state index in [1.807, 2.05) is 6.92 Å². The molecule has 0 aromatic carbocycles. The second-order valence-electron chi connectivity index (χ2n) is 5.95. The van der Waals surface area contributed by atoms with Crippen LogP contribution in [0, 0.1) is 17.8 Å². The van der Waals surface area contributed by atoms with Gasteiger partial charge in [0.15, 0.2) is 0 Å². The first kappa shape index (κ1) is 15.3. The van der Waals surface area contributed by atoms with Gasteiger partial charge in [0.1, 0.15) is 0 Å². The van der Waals surface area contributed by atoms with Crippen molar-refractivity contribution in [3.8, 4) is 0 Å². The Morgan fingerprint density at radius 2 is 1.95 bits per heavy atom. The van der Waals surface area contributed by atoms with E-state index < -0.39 is 5.97 Å². The zero-order valence-corrected chi connectivity index (χ0v) is 12.1. The summed E-state index contributed by atoms with van der Waals surface area (Å²) < 4.78 is 5.53. The Kier molecular flexibility index (Phi) is 5.40. The predicted octanol–water partition coefficient (Wildman–Crippen LogP) is 1.81. The first-order chi connectivity index (χ1) is 9.63. The van der Waals surface area contributed by atoms with Crippen molar-refractivity contribution in [2.75, 3.05) is 13.2 Å². The van der Waals surface area contributed by atoms with E-state index in [0.29, 0.717) is 13.2 Å². The Bertz CT molecular complexity index is 358. The Balaban J connectivity index is 1.84. The number of carbonyl (C=O) groups excluding carboxylic acids is 1. The monoisotopic (exact) mass is 283 g/mol. The van der Waals surface area contributed by atoms with Crippen molar-refractivity contribution < 1.29 is 19.4 Å². The van der Waals surface area contributed by atoms with Gasteiger partial charge in [-0.25, -0.2) is 0 Å². The Hall–Kier alpha value is -1.10. The Morgan fingerprint density at radius 3 is 2.65 bits per heavy atom. The highest BCUT2D eigenvalue weighted by atomic mass is 16.5. The van der Waals surface area contributed by atoms with E-state index in [9.17, 15) is 14.7 Å². The van der Waals surface area contributed by atoms with Gasteiger partial charge < -0.3 is 15.2 Å². The molecule has 114 valence electrons. The van der Waals surface area contributed by atoms with Crippen LogP contribution in [0.3, 0.4) is 0 Å². The Morgan fingerprint density at radius 1 is 1.20 bits per heavy atom. The van der Waals surface area contributed by atoms with Crippen LogP contribution in [0.2, 0.25) is 0 Å². The summed E-state index contributed by atoms with van der Waals surface area (Å²) in [6.07, 6.45) is 5.33. The summed E-state index contributed by atoms with van der Waals surface area (Å²) in [4.78, 5) is 23.4. The molecule has 0 bridgehead atoms. The highest BCUT2D eigenvalue weighted by Gasteiger charge is 2.35. The van der Waals surface area contributed by atoms with E-state index in [4.69, 9.17) is 4.74 Å². The van der Waals surface area contributed by atoms with Gasteiger partial charge in [-0.15, -0.1) is 0 Å². The molecule has 5 nitrogen and oxygen atoms in total. The molecule has 4 unspecified atom stereocenters. The maximum Gasteiger partial charge on any atom is 0.306 e. The Labute approximate surface area is 120 Å². The molecule has 0 aromatic rings. The minimum atomic E-state index is -0.723. The van der Waals surface area contributed by atoms with E-state index in [0.717, 1.165) is 38.5 Å². The van der Waals surface area contributed by atoms with Crippen LogP contribution in [0.1, 0.15) is 45.4 Å².